The molecule has 0 saturated heterocycles. The third kappa shape index (κ3) is 6.34. The van der Waals surface area contributed by atoms with Crippen LogP contribution < -0.4 is 9.05 Å². The second-order valence-corrected chi connectivity index (χ2v) is 6.52. The van der Waals surface area contributed by atoms with Gasteiger partial charge >= 0.3 is 6.72 Å². The van der Waals surface area contributed by atoms with Gasteiger partial charge in [0, 0.05) is 11.8 Å². The molecule has 0 amide bonds. The van der Waals surface area contributed by atoms with Gasteiger partial charge in [0.05, 0.1) is 0 Å². The largest absolute Gasteiger partial charge is 0.432 e. The van der Waals surface area contributed by atoms with Gasteiger partial charge in [-0.25, -0.2) is 10.2 Å². The van der Waals surface area contributed by atoms with Gasteiger partial charge < -0.3 is 13.9 Å². The van der Waals surface area contributed by atoms with Crippen LogP contribution in [0.25, 0.3) is 0 Å². The minimum atomic E-state index is -3.33. The quantitative estimate of drug-likeness (QED) is 0.511. The number of para-hydroxylation sites is 2. The highest BCUT2D eigenvalue weighted by Gasteiger charge is 2.19. The van der Waals surface area contributed by atoms with Crippen LogP contribution in [0.5, 0.6) is 11.5 Å². The first-order valence-electron chi connectivity index (χ1n) is 5.85. The van der Waals surface area contributed by atoms with Crippen LogP contribution in [0.4, 0.5) is 0 Å². The summed E-state index contributed by atoms with van der Waals surface area (Å²) in [5.74, 6) is 1.04. The van der Waals surface area contributed by atoms with Crippen LogP contribution >= 0.6 is 6.72 Å². The number of nitrogens with one attached hydrogen (secondary N) is 1. The van der Waals surface area contributed by atoms with Crippen molar-refractivity contribution in [2.24, 2.45) is 0 Å². The van der Waals surface area contributed by atoms with Crippen molar-refractivity contribution in [1.29, 1.82) is 5.41 Å². The number of carbonyl (C=O) groups excluding carboxylic acids is 1. The average molecular weight is 323 g/mol. The smallest absolute Gasteiger partial charge is 0.416 e. The Morgan fingerprint density at radius 2 is 1.62 bits per heavy atom. The van der Waals surface area contributed by atoms with Crippen molar-refractivity contribution in [3.8, 4) is 11.5 Å². The molecule has 0 aliphatic carbocycles. The van der Waals surface area contributed by atoms with E-state index in [9.17, 15) is 4.89 Å². The molecule has 0 bridgehead atoms. The molecule has 7 heteroatoms. The molecular formula is C14H14NO4PS. The Labute approximate surface area is 127 Å². The van der Waals surface area contributed by atoms with Crippen molar-refractivity contribution in [3.63, 3.8) is 0 Å². The lowest BCUT2D eigenvalue weighted by Crippen LogP contribution is -2.00. The van der Waals surface area contributed by atoms with E-state index >= 15 is 0 Å². The summed E-state index contributed by atoms with van der Waals surface area (Å²) in [5.41, 5.74) is 0.900. The summed E-state index contributed by atoms with van der Waals surface area (Å²) < 4.78 is 10.7. The fraction of sp³-hybridized carbons (Fsp3) is 0.0714. The summed E-state index contributed by atoms with van der Waals surface area (Å²) >= 11 is 4.99. The van der Waals surface area contributed by atoms with Gasteiger partial charge in [0.2, 0.25) is 6.08 Å². The summed E-state index contributed by atoms with van der Waals surface area (Å²) in [7, 11) is 0. The van der Waals surface area contributed by atoms with Gasteiger partial charge in [-0.1, -0.05) is 36.4 Å². The lowest BCUT2D eigenvalue weighted by Gasteiger charge is -2.18. The summed E-state index contributed by atoms with van der Waals surface area (Å²) in [6.07, 6.45) is 0.750. The minimum Gasteiger partial charge on any atom is -0.416 e. The van der Waals surface area contributed by atoms with Crippen LogP contribution in [-0.2, 0) is 16.6 Å². The van der Waals surface area contributed by atoms with Crippen LogP contribution in [0.1, 0.15) is 5.56 Å². The first kappa shape index (κ1) is 17.1. The maximum absolute atomic E-state index is 10.0. The lowest BCUT2D eigenvalue weighted by atomic mass is 10.2. The topological polar surface area (TPSA) is 79.6 Å². The van der Waals surface area contributed by atoms with E-state index in [0.717, 1.165) is 11.6 Å². The molecule has 2 aromatic carbocycles. The van der Waals surface area contributed by atoms with Crippen molar-refractivity contribution >= 4 is 24.6 Å². The molecule has 0 aliphatic rings. The number of isocyanates is 1. The molecule has 2 rings (SSSR count). The van der Waals surface area contributed by atoms with Crippen LogP contribution in [0.15, 0.2) is 54.6 Å². The van der Waals surface area contributed by atoms with Gasteiger partial charge in [-0.15, -0.1) is 0 Å². The van der Waals surface area contributed by atoms with Gasteiger partial charge in [-0.05, 0) is 30.7 Å². The predicted molar refractivity (Wildman–Crippen MR) is 83.8 cm³/mol. The number of benzene rings is 2. The maximum Gasteiger partial charge on any atom is 0.432 e. The van der Waals surface area contributed by atoms with Crippen molar-refractivity contribution in [2.75, 3.05) is 0 Å². The summed E-state index contributed by atoms with van der Waals surface area (Å²) in [4.78, 5) is 18.4. The Bertz CT molecular complexity index is 657. The molecule has 0 aliphatic heterocycles. The van der Waals surface area contributed by atoms with Crippen LogP contribution in [0, 0.1) is 12.3 Å². The molecular weight excluding hydrogens is 309 g/mol. The standard InChI is InChI=1S/C13H13O3PS.CHNO/c1-11-7-5-6-10-13(11)16-17(14,18)15-12-8-3-2-4-9-12;2-1-3/h2-10H,1H3,(H,14,18);2H. The van der Waals surface area contributed by atoms with Gasteiger partial charge in [0.1, 0.15) is 11.5 Å². The first-order valence-corrected chi connectivity index (χ1v) is 8.44. The van der Waals surface area contributed by atoms with Gasteiger partial charge in [0.15, 0.2) is 0 Å². The average Bonchev–Trinajstić information content (AvgIpc) is 2.43. The van der Waals surface area contributed by atoms with E-state index in [2.05, 4.69) is 0 Å². The highest BCUT2D eigenvalue weighted by Crippen LogP contribution is 2.45. The third-order valence-corrected chi connectivity index (χ3v) is 3.59. The third-order valence-electron chi connectivity index (χ3n) is 2.27. The fourth-order valence-corrected chi connectivity index (χ4v) is 2.79. The van der Waals surface area contributed by atoms with Gasteiger partial charge in [0.25, 0.3) is 0 Å². The Morgan fingerprint density at radius 1 is 1.10 bits per heavy atom. The van der Waals surface area contributed by atoms with E-state index in [0.29, 0.717) is 11.5 Å². The molecule has 21 heavy (non-hydrogen) atoms. The number of hydrogen-bond donors (Lipinski definition) is 2. The van der Waals surface area contributed by atoms with Crippen LogP contribution in [0.2, 0.25) is 0 Å². The molecule has 110 valence electrons. The zero-order valence-corrected chi connectivity index (χ0v) is 12.9. The summed E-state index contributed by atoms with van der Waals surface area (Å²) in [6.45, 7) is -1.45. The van der Waals surface area contributed by atoms with E-state index in [1.165, 1.54) is 0 Å². The number of rotatable bonds is 4. The predicted octanol–water partition coefficient (Wildman–Crippen LogP) is 3.57. The highest BCUT2D eigenvalue weighted by molar-refractivity contribution is 8.07. The second-order valence-electron chi connectivity index (χ2n) is 3.83. The van der Waals surface area contributed by atoms with Crippen molar-refractivity contribution in [2.45, 2.75) is 6.92 Å². The normalized spacial score (nSPS) is 12.1. The summed E-state index contributed by atoms with van der Waals surface area (Å²) in [6, 6.07) is 16.2. The fourth-order valence-electron chi connectivity index (χ4n) is 1.42. The Balaban J connectivity index is 0.000000677. The monoisotopic (exact) mass is 323 g/mol. The van der Waals surface area contributed by atoms with Gasteiger partial charge in [-0.3, -0.25) is 0 Å². The molecule has 0 radical (unpaired) electrons. The molecule has 0 spiro atoms. The molecule has 2 aromatic rings. The molecule has 1 atom stereocenters. The number of hydrogen-bond acceptors (Lipinski definition) is 5. The Morgan fingerprint density at radius 3 is 2.19 bits per heavy atom. The summed E-state index contributed by atoms with van der Waals surface area (Å²) in [5, 5.41) is 5.40. The van der Waals surface area contributed by atoms with E-state index in [4.69, 9.17) is 31.1 Å². The van der Waals surface area contributed by atoms with E-state index < -0.39 is 6.72 Å². The molecule has 0 aromatic heterocycles. The lowest BCUT2D eigenvalue weighted by molar-refractivity contribution is 0.376. The van der Waals surface area contributed by atoms with Crippen molar-refractivity contribution in [3.05, 3.63) is 60.2 Å². The molecule has 0 heterocycles. The zero-order chi connectivity index (χ0) is 15.7. The van der Waals surface area contributed by atoms with Crippen LogP contribution in [-0.4, -0.2) is 11.0 Å². The zero-order valence-electron chi connectivity index (χ0n) is 11.2. The highest BCUT2D eigenvalue weighted by atomic mass is 32.5. The van der Waals surface area contributed by atoms with E-state index in [-0.39, 0.29) is 0 Å². The Kier molecular flexibility index (Phi) is 6.79. The van der Waals surface area contributed by atoms with Crippen LogP contribution in [0.3, 0.4) is 0 Å². The second kappa shape index (κ2) is 8.35. The number of aryl methyl sites for hydroxylation is 1. The maximum atomic E-state index is 10.0. The molecule has 1 unspecified atom stereocenters. The molecule has 2 N–H and O–H groups in total. The molecule has 5 nitrogen and oxygen atoms in total. The molecule has 0 saturated carbocycles. The van der Waals surface area contributed by atoms with E-state index in [1.54, 1.807) is 30.3 Å². The van der Waals surface area contributed by atoms with Gasteiger partial charge in [-0.2, -0.15) is 0 Å². The SMILES string of the molecule is Cc1ccccc1OP(O)(=S)Oc1ccccc1.N=C=O. The van der Waals surface area contributed by atoms with Crippen molar-refractivity contribution < 1.29 is 18.7 Å². The first-order chi connectivity index (χ1) is 9.98. The molecule has 0 fully saturated rings. The van der Waals surface area contributed by atoms with Crippen molar-refractivity contribution in [1.82, 2.24) is 0 Å². The van der Waals surface area contributed by atoms with E-state index in [1.807, 2.05) is 31.2 Å². The Hall–Kier alpha value is -1.97. The minimum absolute atomic E-state index is 0.497.